The van der Waals surface area contributed by atoms with Gasteiger partial charge in [-0.1, -0.05) is 6.07 Å². The maximum absolute atomic E-state index is 14.0. The van der Waals surface area contributed by atoms with Crippen LogP contribution in [0.15, 0.2) is 41.4 Å². The van der Waals surface area contributed by atoms with Gasteiger partial charge in [-0.15, -0.1) is 0 Å². The van der Waals surface area contributed by atoms with Gasteiger partial charge in [-0.05, 0) is 38.4 Å². The average molecular weight is 355 g/mol. The van der Waals surface area contributed by atoms with Crippen LogP contribution in [-0.4, -0.2) is 45.2 Å². The Hall–Kier alpha value is -2.06. The lowest BCUT2D eigenvalue weighted by Gasteiger charge is -2.26. The van der Waals surface area contributed by atoms with E-state index in [1.807, 2.05) is 0 Å². The van der Waals surface area contributed by atoms with E-state index in [4.69, 9.17) is 0 Å². The quantitative estimate of drug-likeness (QED) is 0.863. The van der Waals surface area contributed by atoms with E-state index in [9.17, 15) is 17.2 Å². The van der Waals surface area contributed by atoms with Gasteiger partial charge in [-0.25, -0.2) is 22.2 Å². The Morgan fingerprint density at radius 3 is 2.33 bits per heavy atom. The lowest BCUT2D eigenvalue weighted by molar-refractivity contribution is 0.295. The molecule has 130 valence electrons. The van der Waals surface area contributed by atoms with Crippen LogP contribution in [0.2, 0.25) is 0 Å². The van der Waals surface area contributed by atoms with Crippen LogP contribution in [-0.2, 0) is 9.84 Å². The zero-order valence-electron chi connectivity index (χ0n) is 13.6. The topological polar surface area (TPSA) is 62.3 Å². The van der Waals surface area contributed by atoms with Crippen LogP contribution >= 0.6 is 0 Å². The summed E-state index contributed by atoms with van der Waals surface area (Å²) in [6, 6.07) is 5.99. The largest absolute Gasteiger partial charge is 0.367 e. The van der Waals surface area contributed by atoms with Crippen LogP contribution in [0.3, 0.4) is 0 Å². The molecule has 24 heavy (non-hydrogen) atoms. The van der Waals surface area contributed by atoms with E-state index in [1.54, 1.807) is 19.0 Å². The van der Waals surface area contributed by atoms with Crippen LogP contribution in [0.25, 0.3) is 0 Å². The lowest BCUT2D eigenvalue weighted by atomic mass is 10.0. The predicted molar refractivity (Wildman–Crippen MR) is 88.6 cm³/mol. The fourth-order valence-corrected chi connectivity index (χ4v) is 3.19. The highest BCUT2D eigenvalue weighted by Crippen LogP contribution is 2.26. The second-order valence-electron chi connectivity index (χ2n) is 5.62. The molecule has 0 saturated heterocycles. The molecule has 0 aliphatic carbocycles. The van der Waals surface area contributed by atoms with Crippen molar-refractivity contribution in [3.63, 3.8) is 0 Å². The van der Waals surface area contributed by atoms with Crippen molar-refractivity contribution in [2.45, 2.75) is 10.9 Å². The molecule has 8 heteroatoms. The van der Waals surface area contributed by atoms with Crippen molar-refractivity contribution in [3.8, 4) is 0 Å². The Balaban J connectivity index is 2.32. The van der Waals surface area contributed by atoms with E-state index < -0.39 is 27.5 Å². The van der Waals surface area contributed by atoms with E-state index in [2.05, 4.69) is 10.3 Å². The molecule has 1 N–H and O–H groups in total. The van der Waals surface area contributed by atoms with E-state index in [0.29, 0.717) is 0 Å². The zero-order valence-corrected chi connectivity index (χ0v) is 14.4. The molecule has 2 rings (SSSR count). The molecule has 0 bridgehead atoms. The monoisotopic (exact) mass is 355 g/mol. The maximum atomic E-state index is 14.0. The maximum Gasteiger partial charge on any atom is 0.179 e. The summed E-state index contributed by atoms with van der Waals surface area (Å²) in [5, 5.41) is 2.89. The van der Waals surface area contributed by atoms with Gasteiger partial charge in [-0.2, -0.15) is 0 Å². The molecule has 1 aromatic heterocycles. The molecule has 1 unspecified atom stereocenters. The first-order valence-electron chi connectivity index (χ1n) is 7.21. The summed E-state index contributed by atoms with van der Waals surface area (Å²) in [5.41, 5.74) is -0.0770. The molecule has 5 nitrogen and oxygen atoms in total. The molecule has 0 radical (unpaired) electrons. The lowest BCUT2D eigenvalue weighted by Crippen LogP contribution is -2.29. The van der Waals surface area contributed by atoms with Gasteiger partial charge >= 0.3 is 0 Å². The van der Waals surface area contributed by atoms with Crippen molar-refractivity contribution in [3.05, 3.63) is 53.7 Å². The Bertz CT molecular complexity index is 806. The van der Waals surface area contributed by atoms with Gasteiger partial charge < -0.3 is 10.2 Å². The summed E-state index contributed by atoms with van der Waals surface area (Å²) in [5.74, 6) is -1.15. The minimum atomic E-state index is -3.47. The Morgan fingerprint density at radius 2 is 1.79 bits per heavy atom. The first-order chi connectivity index (χ1) is 11.2. The minimum Gasteiger partial charge on any atom is -0.367 e. The van der Waals surface area contributed by atoms with Crippen molar-refractivity contribution in [2.24, 2.45) is 0 Å². The number of hydrogen-bond acceptors (Lipinski definition) is 5. The number of benzene rings is 1. The molecule has 0 fully saturated rings. The van der Waals surface area contributed by atoms with Gasteiger partial charge in [0.25, 0.3) is 0 Å². The molecule has 0 aliphatic heterocycles. The number of pyridine rings is 1. The second-order valence-corrected chi connectivity index (χ2v) is 7.60. The SMILES string of the molecule is CN(C)C(CNc1ncccc1S(C)(=O)=O)c1c(F)cccc1F. The van der Waals surface area contributed by atoms with Gasteiger partial charge in [0, 0.05) is 24.6 Å². The van der Waals surface area contributed by atoms with Crippen LogP contribution in [0.5, 0.6) is 0 Å². The molecule has 0 saturated carbocycles. The number of rotatable bonds is 6. The fraction of sp³-hybridized carbons (Fsp3) is 0.312. The molecule has 1 heterocycles. The third-order valence-electron chi connectivity index (χ3n) is 3.59. The van der Waals surface area contributed by atoms with Gasteiger partial charge in [0.15, 0.2) is 9.84 Å². The predicted octanol–water partition coefficient (Wildman–Crippen LogP) is 2.48. The molecular formula is C16H19F2N3O2S. The van der Waals surface area contributed by atoms with E-state index in [1.165, 1.54) is 36.5 Å². The first kappa shape index (κ1) is 18.3. The van der Waals surface area contributed by atoms with E-state index in [0.717, 1.165) is 6.26 Å². The normalized spacial score (nSPS) is 13.1. The van der Waals surface area contributed by atoms with E-state index in [-0.39, 0.29) is 22.8 Å². The molecule has 2 aromatic rings. The molecule has 1 atom stereocenters. The summed E-state index contributed by atoms with van der Waals surface area (Å²) in [7, 11) is -0.0921. The van der Waals surface area contributed by atoms with Crippen molar-refractivity contribution >= 4 is 15.7 Å². The third kappa shape index (κ3) is 4.07. The van der Waals surface area contributed by atoms with Gasteiger partial charge in [0.2, 0.25) is 0 Å². The number of aromatic nitrogens is 1. The van der Waals surface area contributed by atoms with Gasteiger partial charge in [0.05, 0.1) is 6.04 Å². The second kappa shape index (κ2) is 7.23. The van der Waals surface area contributed by atoms with Crippen molar-refractivity contribution in [1.29, 1.82) is 0 Å². The molecular weight excluding hydrogens is 336 g/mol. The Morgan fingerprint density at radius 1 is 1.17 bits per heavy atom. The van der Waals surface area contributed by atoms with Gasteiger partial charge in [0.1, 0.15) is 22.3 Å². The number of likely N-dealkylation sites (N-methyl/N-ethyl adjacent to an activating group) is 1. The average Bonchev–Trinajstić information content (AvgIpc) is 2.49. The standard InChI is InChI=1S/C16H19F2N3O2S/c1-21(2)13(15-11(17)6-4-7-12(15)18)10-20-16-14(24(3,22)23)8-5-9-19-16/h4-9,13H,10H2,1-3H3,(H,19,20). The Labute approximate surface area is 140 Å². The number of anilines is 1. The molecule has 0 amide bonds. The van der Waals surface area contributed by atoms with Crippen LogP contribution in [0.1, 0.15) is 11.6 Å². The van der Waals surface area contributed by atoms with Gasteiger partial charge in [-0.3, -0.25) is 0 Å². The number of nitrogens with zero attached hydrogens (tertiary/aromatic N) is 2. The third-order valence-corrected chi connectivity index (χ3v) is 4.72. The molecule has 1 aromatic carbocycles. The van der Waals surface area contributed by atoms with Crippen LogP contribution < -0.4 is 5.32 Å². The first-order valence-corrected chi connectivity index (χ1v) is 9.10. The highest BCUT2D eigenvalue weighted by molar-refractivity contribution is 7.90. The minimum absolute atomic E-state index is 0.0384. The summed E-state index contributed by atoms with van der Waals surface area (Å²) in [6.45, 7) is 0.0877. The Kier molecular flexibility index (Phi) is 5.51. The van der Waals surface area contributed by atoms with Crippen molar-refractivity contribution < 1.29 is 17.2 Å². The summed E-state index contributed by atoms with van der Waals surface area (Å²) in [4.78, 5) is 5.71. The van der Waals surface area contributed by atoms with Crippen LogP contribution in [0, 0.1) is 11.6 Å². The smallest absolute Gasteiger partial charge is 0.179 e. The van der Waals surface area contributed by atoms with Crippen molar-refractivity contribution in [2.75, 3.05) is 32.2 Å². The highest BCUT2D eigenvalue weighted by atomic mass is 32.2. The van der Waals surface area contributed by atoms with Crippen molar-refractivity contribution in [1.82, 2.24) is 9.88 Å². The summed E-state index contributed by atoms with van der Waals surface area (Å²) in [6.07, 6.45) is 2.53. The number of nitrogens with one attached hydrogen (secondary N) is 1. The van der Waals surface area contributed by atoms with Crippen LogP contribution in [0.4, 0.5) is 14.6 Å². The summed E-state index contributed by atoms with van der Waals surface area (Å²) < 4.78 is 51.7. The number of hydrogen-bond donors (Lipinski definition) is 1. The zero-order chi connectivity index (χ0) is 17.9. The fourth-order valence-electron chi connectivity index (χ4n) is 2.39. The molecule has 0 aliphatic rings. The number of halogens is 2. The van der Waals surface area contributed by atoms with E-state index >= 15 is 0 Å². The molecule has 0 spiro atoms. The summed E-state index contributed by atoms with van der Waals surface area (Å²) >= 11 is 0. The highest BCUT2D eigenvalue weighted by Gasteiger charge is 2.23. The number of sulfone groups is 1.